The lowest BCUT2D eigenvalue weighted by Gasteiger charge is -2.32. The smallest absolute Gasteiger partial charge is 0.264 e. The van der Waals surface area contributed by atoms with Crippen LogP contribution in [-0.4, -0.2) is 44.3 Å². The first-order valence-corrected chi connectivity index (χ1v) is 14.4. The number of sulfonamides is 1. The summed E-state index contributed by atoms with van der Waals surface area (Å²) in [5.74, 6) is -1.33. The molecule has 2 amide bonds. The van der Waals surface area contributed by atoms with Gasteiger partial charge in [-0.1, -0.05) is 55.3 Å². The highest BCUT2D eigenvalue weighted by molar-refractivity contribution is 7.92. The van der Waals surface area contributed by atoms with Crippen molar-refractivity contribution < 1.29 is 22.4 Å². The van der Waals surface area contributed by atoms with Crippen LogP contribution in [0.25, 0.3) is 0 Å². The van der Waals surface area contributed by atoms with Crippen LogP contribution in [0.2, 0.25) is 0 Å². The Kier molecular flexibility index (Phi) is 10.2. The van der Waals surface area contributed by atoms with Crippen molar-refractivity contribution in [2.24, 2.45) is 0 Å². The lowest BCUT2D eigenvalue weighted by molar-refractivity contribution is -0.139. The van der Waals surface area contributed by atoms with Crippen molar-refractivity contribution in [3.8, 4) is 0 Å². The van der Waals surface area contributed by atoms with Crippen molar-refractivity contribution in [1.82, 2.24) is 10.2 Å². The van der Waals surface area contributed by atoms with Crippen LogP contribution in [0, 0.1) is 19.7 Å². The van der Waals surface area contributed by atoms with Gasteiger partial charge in [0.05, 0.1) is 10.6 Å². The highest BCUT2D eigenvalue weighted by Gasteiger charge is 2.32. The van der Waals surface area contributed by atoms with Gasteiger partial charge in [0.15, 0.2) is 0 Å². The number of rotatable bonds is 12. The van der Waals surface area contributed by atoms with Gasteiger partial charge in [-0.05, 0) is 74.7 Å². The Morgan fingerprint density at radius 3 is 2.23 bits per heavy atom. The summed E-state index contributed by atoms with van der Waals surface area (Å²) in [5, 5.41) is 2.84. The number of nitrogens with one attached hydrogen (secondary N) is 1. The van der Waals surface area contributed by atoms with E-state index < -0.39 is 34.3 Å². The zero-order valence-electron chi connectivity index (χ0n) is 22.9. The number of benzene rings is 3. The molecule has 3 rings (SSSR count). The molecule has 0 aromatic heterocycles. The molecular weight excluding hydrogens is 517 g/mol. The number of nitrogens with zero attached hydrogens (tertiary/aromatic N) is 2. The highest BCUT2D eigenvalue weighted by atomic mass is 32.2. The Labute approximate surface area is 230 Å². The summed E-state index contributed by atoms with van der Waals surface area (Å²) >= 11 is 0. The summed E-state index contributed by atoms with van der Waals surface area (Å²) in [6, 6.07) is 18.1. The van der Waals surface area contributed by atoms with E-state index in [2.05, 4.69) is 5.32 Å². The van der Waals surface area contributed by atoms with Crippen molar-refractivity contribution in [2.75, 3.05) is 17.4 Å². The van der Waals surface area contributed by atoms with E-state index >= 15 is 0 Å². The third kappa shape index (κ3) is 7.89. The molecule has 0 heterocycles. The zero-order valence-corrected chi connectivity index (χ0v) is 23.7. The highest BCUT2D eigenvalue weighted by Crippen LogP contribution is 2.25. The number of amides is 2. The molecule has 9 heteroatoms. The Bertz CT molecular complexity index is 1380. The van der Waals surface area contributed by atoms with Crippen LogP contribution >= 0.6 is 0 Å². The second kappa shape index (κ2) is 13.4. The number of aryl methyl sites for hydroxylation is 2. The molecule has 0 saturated carbocycles. The van der Waals surface area contributed by atoms with Crippen LogP contribution in [0.4, 0.5) is 10.1 Å². The first-order chi connectivity index (χ1) is 18.5. The van der Waals surface area contributed by atoms with Gasteiger partial charge < -0.3 is 10.2 Å². The lowest BCUT2D eigenvalue weighted by atomic mass is 10.1. The fourth-order valence-corrected chi connectivity index (χ4v) is 5.46. The van der Waals surface area contributed by atoms with Crippen LogP contribution in [0.15, 0.2) is 77.7 Å². The lowest BCUT2D eigenvalue weighted by Crippen LogP contribution is -2.51. The summed E-state index contributed by atoms with van der Waals surface area (Å²) in [7, 11) is -4.12. The van der Waals surface area contributed by atoms with Gasteiger partial charge in [0.25, 0.3) is 10.0 Å². The van der Waals surface area contributed by atoms with Gasteiger partial charge in [0, 0.05) is 13.1 Å². The minimum absolute atomic E-state index is 0.00765. The molecule has 0 spiro atoms. The molecule has 0 unspecified atom stereocenters. The number of carbonyl (C=O) groups is 2. The van der Waals surface area contributed by atoms with Crippen molar-refractivity contribution in [2.45, 2.75) is 58.0 Å². The summed E-state index contributed by atoms with van der Waals surface area (Å²) in [6.07, 6.45) is 1.69. The van der Waals surface area contributed by atoms with E-state index in [-0.39, 0.29) is 17.3 Å². The summed E-state index contributed by atoms with van der Waals surface area (Å²) in [5.41, 5.74) is 2.68. The van der Waals surface area contributed by atoms with E-state index in [1.807, 2.05) is 26.8 Å². The minimum atomic E-state index is -4.12. The minimum Gasteiger partial charge on any atom is -0.354 e. The second-order valence-electron chi connectivity index (χ2n) is 9.63. The molecule has 7 nitrogen and oxygen atoms in total. The number of halogens is 1. The normalized spacial score (nSPS) is 12.0. The maximum atomic E-state index is 13.9. The summed E-state index contributed by atoms with van der Waals surface area (Å²) in [6.45, 7) is 7.27. The van der Waals surface area contributed by atoms with E-state index in [0.29, 0.717) is 17.8 Å². The molecule has 0 aliphatic rings. The van der Waals surface area contributed by atoms with Crippen molar-refractivity contribution in [3.05, 3.63) is 95.3 Å². The molecule has 0 bridgehead atoms. The van der Waals surface area contributed by atoms with Gasteiger partial charge in [-0.2, -0.15) is 0 Å². The monoisotopic (exact) mass is 553 g/mol. The molecule has 0 radical (unpaired) electrons. The molecule has 1 atom stereocenters. The molecule has 1 N–H and O–H groups in total. The average molecular weight is 554 g/mol. The predicted octanol–water partition coefficient (Wildman–Crippen LogP) is 4.97. The fraction of sp³-hybridized carbons (Fsp3) is 0.333. The maximum absolute atomic E-state index is 13.9. The molecule has 0 fully saturated rings. The van der Waals surface area contributed by atoms with Crippen molar-refractivity contribution in [3.63, 3.8) is 0 Å². The zero-order chi connectivity index (χ0) is 28.6. The standard InChI is InChI=1S/C30H36FN3O4S/c1-5-6-18-32-30(36)24(4)33(20-25-12-14-26(31)15-13-25)29(35)21-34(27-9-7-8-23(3)19-27)39(37,38)28-16-10-22(2)11-17-28/h7-17,19,24H,5-6,18,20-21H2,1-4H3,(H,32,36)/t24-/m1/s1. The number of hydrogen-bond donors (Lipinski definition) is 1. The molecule has 39 heavy (non-hydrogen) atoms. The van der Waals surface area contributed by atoms with Gasteiger partial charge in [-0.3, -0.25) is 13.9 Å². The van der Waals surface area contributed by atoms with Crippen LogP contribution in [0.1, 0.15) is 43.4 Å². The van der Waals surface area contributed by atoms with Gasteiger partial charge in [0.1, 0.15) is 18.4 Å². The Morgan fingerprint density at radius 1 is 0.949 bits per heavy atom. The molecule has 3 aromatic rings. The van der Waals surface area contributed by atoms with E-state index in [1.165, 1.54) is 29.2 Å². The SMILES string of the molecule is CCCCNC(=O)[C@@H](C)N(Cc1ccc(F)cc1)C(=O)CN(c1cccc(C)c1)S(=O)(=O)c1ccc(C)cc1. The largest absolute Gasteiger partial charge is 0.354 e. The quantitative estimate of drug-likeness (QED) is 0.321. The van der Waals surface area contributed by atoms with Crippen LogP contribution < -0.4 is 9.62 Å². The number of hydrogen-bond acceptors (Lipinski definition) is 4. The molecule has 0 aliphatic heterocycles. The molecule has 208 valence electrons. The maximum Gasteiger partial charge on any atom is 0.264 e. The Balaban J connectivity index is 1.99. The van der Waals surface area contributed by atoms with E-state index in [1.54, 1.807) is 49.4 Å². The topological polar surface area (TPSA) is 86.8 Å². The first kappa shape index (κ1) is 29.8. The number of carbonyl (C=O) groups excluding carboxylic acids is 2. The second-order valence-corrected chi connectivity index (χ2v) is 11.5. The average Bonchev–Trinajstić information content (AvgIpc) is 2.91. The van der Waals surface area contributed by atoms with Gasteiger partial charge in [-0.25, -0.2) is 12.8 Å². The predicted molar refractivity (Wildman–Crippen MR) is 151 cm³/mol. The Hall–Kier alpha value is -3.72. The van der Waals surface area contributed by atoms with Gasteiger partial charge in [-0.15, -0.1) is 0 Å². The summed E-state index contributed by atoms with van der Waals surface area (Å²) in [4.78, 5) is 28.2. The molecule has 0 aliphatic carbocycles. The van der Waals surface area contributed by atoms with Gasteiger partial charge >= 0.3 is 0 Å². The van der Waals surface area contributed by atoms with E-state index in [0.717, 1.165) is 28.3 Å². The number of anilines is 1. The van der Waals surface area contributed by atoms with Crippen molar-refractivity contribution in [1.29, 1.82) is 0 Å². The van der Waals surface area contributed by atoms with Crippen LogP contribution in [0.5, 0.6) is 0 Å². The number of unbranched alkanes of at least 4 members (excludes halogenated alkanes) is 1. The third-order valence-electron chi connectivity index (χ3n) is 6.44. The molecular formula is C30H36FN3O4S. The molecule has 0 saturated heterocycles. The van der Waals surface area contributed by atoms with Crippen molar-refractivity contribution >= 4 is 27.5 Å². The third-order valence-corrected chi connectivity index (χ3v) is 8.23. The Morgan fingerprint density at radius 2 is 1.62 bits per heavy atom. The van der Waals surface area contributed by atoms with Gasteiger partial charge in [0.2, 0.25) is 11.8 Å². The van der Waals surface area contributed by atoms with Crippen LogP contribution in [-0.2, 0) is 26.2 Å². The van der Waals surface area contributed by atoms with E-state index in [4.69, 9.17) is 0 Å². The van der Waals surface area contributed by atoms with E-state index in [9.17, 15) is 22.4 Å². The molecule has 3 aromatic carbocycles. The summed E-state index contributed by atoms with van der Waals surface area (Å²) < 4.78 is 42.3. The first-order valence-electron chi connectivity index (χ1n) is 13.0. The fourth-order valence-electron chi connectivity index (χ4n) is 4.05. The van der Waals surface area contributed by atoms with Crippen LogP contribution in [0.3, 0.4) is 0 Å².